The second-order valence-electron chi connectivity index (χ2n) is 2.53. The molecule has 1 aromatic carbocycles. The topological polar surface area (TPSA) is 66.8 Å². The number of benzene rings is 1. The maximum Gasteiger partial charge on any atom is 0.371 e. The minimum Gasteiger partial charge on any atom is -0.504 e. The molecule has 0 fully saturated rings. The van der Waals surface area contributed by atoms with Gasteiger partial charge >= 0.3 is 5.97 Å². The Bertz CT molecular complexity index is 368. The normalized spacial score (nSPS) is 11.1. The number of phenolic OH excluding ortho intramolecular Hbond substituents is 1. The van der Waals surface area contributed by atoms with E-state index in [1.54, 1.807) is 19.1 Å². The lowest BCUT2D eigenvalue weighted by molar-refractivity contribution is -0.135. The van der Waals surface area contributed by atoms with Gasteiger partial charge in [0.05, 0.1) is 0 Å². The Labute approximate surface area is 81.1 Å². The number of ether oxygens (including phenoxy) is 1. The third-order valence-corrected chi connectivity index (χ3v) is 1.56. The molecule has 4 heteroatoms. The van der Waals surface area contributed by atoms with Gasteiger partial charge in [0.15, 0.2) is 11.5 Å². The fourth-order valence-electron chi connectivity index (χ4n) is 0.888. The molecule has 0 unspecified atom stereocenters. The number of rotatable bonds is 3. The number of aromatic hydroxyl groups is 1. The molecule has 0 saturated carbocycles. The fraction of sp³-hybridized carbons (Fsp3) is 0.100. The molecule has 0 spiro atoms. The van der Waals surface area contributed by atoms with Gasteiger partial charge < -0.3 is 14.9 Å². The molecule has 0 atom stereocenters. The van der Waals surface area contributed by atoms with E-state index in [0.29, 0.717) is 0 Å². The monoisotopic (exact) mass is 194 g/mol. The zero-order valence-electron chi connectivity index (χ0n) is 7.60. The Morgan fingerprint density at radius 1 is 1.43 bits per heavy atom. The van der Waals surface area contributed by atoms with E-state index >= 15 is 0 Å². The van der Waals surface area contributed by atoms with Gasteiger partial charge in [-0.2, -0.15) is 0 Å². The SMILES string of the molecule is C/C=C(/Oc1ccccc1O)C(=O)O. The van der Waals surface area contributed by atoms with Crippen LogP contribution in [-0.4, -0.2) is 16.2 Å². The number of hydrogen-bond acceptors (Lipinski definition) is 3. The van der Waals surface area contributed by atoms with Crippen molar-refractivity contribution in [1.29, 1.82) is 0 Å². The number of phenols is 1. The van der Waals surface area contributed by atoms with E-state index in [9.17, 15) is 9.90 Å². The molecule has 1 rings (SSSR count). The Hall–Kier alpha value is -1.97. The number of aliphatic carboxylic acids is 1. The molecule has 0 aliphatic rings. The zero-order chi connectivity index (χ0) is 10.6. The number of carbonyl (C=O) groups is 1. The van der Waals surface area contributed by atoms with E-state index in [0.717, 1.165) is 0 Å². The molecule has 0 bridgehead atoms. The molecule has 0 aliphatic heterocycles. The highest BCUT2D eigenvalue weighted by atomic mass is 16.5. The van der Waals surface area contributed by atoms with Crippen molar-refractivity contribution in [3.63, 3.8) is 0 Å². The third kappa shape index (κ3) is 2.26. The van der Waals surface area contributed by atoms with Crippen molar-refractivity contribution in [3.8, 4) is 11.5 Å². The van der Waals surface area contributed by atoms with Crippen LogP contribution in [0.4, 0.5) is 0 Å². The third-order valence-electron chi connectivity index (χ3n) is 1.56. The Morgan fingerprint density at radius 2 is 2.07 bits per heavy atom. The Kier molecular flexibility index (Phi) is 3.12. The molecule has 14 heavy (non-hydrogen) atoms. The maximum absolute atomic E-state index is 10.6. The summed E-state index contributed by atoms with van der Waals surface area (Å²) in [5, 5.41) is 17.9. The number of carboxylic acids is 1. The molecule has 0 amide bonds. The van der Waals surface area contributed by atoms with Gasteiger partial charge in [-0.25, -0.2) is 4.79 Å². The first-order valence-corrected chi connectivity index (χ1v) is 4.00. The quantitative estimate of drug-likeness (QED) is 0.568. The fourth-order valence-corrected chi connectivity index (χ4v) is 0.888. The van der Waals surface area contributed by atoms with Crippen LogP contribution in [0.5, 0.6) is 11.5 Å². The van der Waals surface area contributed by atoms with Crippen molar-refractivity contribution in [1.82, 2.24) is 0 Å². The van der Waals surface area contributed by atoms with Crippen LogP contribution < -0.4 is 4.74 Å². The van der Waals surface area contributed by atoms with Crippen molar-refractivity contribution in [2.24, 2.45) is 0 Å². The smallest absolute Gasteiger partial charge is 0.371 e. The molecule has 74 valence electrons. The Morgan fingerprint density at radius 3 is 2.57 bits per heavy atom. The summed E-state index contributed by atoms with van der Waals surface area (Å²) < 4.78 is 4.97. The molecular weight excluding hydrogens is 184 g/mol. The molecule has 0 aromatic heterocycles. The summed E-state index contributed by atoms with van der Waals surface area (Å²) in [6.07, 6.45) is 1.31. The van der Waals surface area contributed by atoms with Gasteiger partial charge in [-0.1, -0.05) is 12.1 Å². The molecular formula is C10H10O4. The first kappa shape index (κ1) is 10.1. The van der Waals surface area contributed by atoms with Crippen LogP contribution in [0.1, 0.15) is 6.92 Å². The molecule has 0 radical (unpaired) electrons. The predicted molar refractivity (Wildman–Crippen MR) is 50.1 cm³/mol. The van der Waals surface area contributed by atoms with E-state index in [-0.39, 0.29) is 17.3 Å². The van der Waals surface area contributed by atoms with Crippen molar-refractivity contribution >= 4 is 5.97 Å². The van der Waals surface area contributed by atoms with Crippen LogP contribution in [0.3, 0.4) is 0 Å². The van der Waals surface area contributed by atoms with E-state index in [4.69, 9.17) is 9.84 Å². The van der Waals surface area contributed by atoms with E-state index in [2.05, 4.69) is 0 Å². The maximum atomic E-state index is 10.6. The first-order chi connectivity index (χ1) is 6.65. The highest BCUT2D eigenvalue weighted by Crippen LogP contribution is 2.26. The summed E-state index contributed by atoms with van der Waals surface area (Å²) in [7, 11) is 0. The van der Waals surface area contributed by atoms with Crippen LogP contribution in [-0.2, 0) is 4.79 Å². The minimum absolute atomic E-state index is 0.0897. The predicted octanol–water partition coefficient (Wildman–Crippen LogP) is 1.76. The van der Waals surface area contributed by atoms with Gasteiger partial charge in [0.1, 0.15) is 0 Å². The lowest BCUT2D eigenvalue weighted by atomic mass is 10.3. The van der Waals surface area contributed by atoms with Crippen molar-refractivity contribution in [3.05, 3.63) is 36.1 Å². The molecule has 0 heterocycles. The summed E-state index contributed by atoms with van der Waals surface area (Å²) in [5.41, 5.74) is 0. The number of allylic oxidation sites excluding steroid dienone is 1. The standard InChI is InChI=1S/C10H10O4/c1-2-8(10(12)13)14-9-6-4-3-5-7(9)11/h2-6,11H,1H3,(H,12,13)/b8-2+. The largest absolute Gasteiger partial charge is 0.504 e. The molecule has 2 N–H and O–H groups in total. The molecule has 0 saturated heterocycles. The summed E-state index contributed by atoms with van der Waals surface area (Å²) in [4.78, 5) is 10.6. The second-order valence-corrected chi connectivity index (χ2v) is 2.53. The van der Waals surface area contributed by atoms with Crippen LogP contribution in [0.25, 0.3) is 0 Å². The van der Waals surface area contributed by atoms with E-state index in [1.165, 1.54) is 18.2 Å². The lowest BCUT2D eigenvalue weighted by Crippen LogP contribution is -2.07. The van der Waals surface area contributed by atoms with Gasteiger partial charge in [0, 0.05) is 0 Å². The molecule has 1 aromatic rings. The summed E-state index contributed by atoms with van der Waals surface area (Å²) in [6, 6.07) is 6.18. The number of carboxylic acid groups (broad SMARTS) is 1. The van der Waals surface area contributed by atoms with Gasteiger partial charge in [0.25, 0.3) is 0 Å². The van der Waals surface area contributed by atoms with Gasteiger partial charge in [-0.3, -0.25) is 0 Å². The van der Waals surface area contributed by atoms with Crippen molar-refractivity contribution < 1.29 is 19.7 Å². The average molecular weight is 194 g/mol. The van der Waals surface area contributed by atoms with Crippen molar-refractivity contribution in [2.75, 3.05) is 0 Å². The number of hydrogen-bond donors (Lipinski definition) is 2. The highest BCUT2D eigenvalue weighted by Gasteiger charge is 2.10. The van der Waals surface area contributed by atoms with Crippen LogP contribution >= 0.6 is 0 Å². The van der Waals surface area contributed by atoms with Gasteiger partial charge in [0.2, 0.25) is 5.76 Å². The van der Waals surface area contributed by atoms with Gasteiger partial charge in [-0.05, 0) is 25.1 Å². The average Bonchev–Trinajstić information content (AvgIpc) is 2.16. The second kappa shape index (κ2) is 4.32. The number of para-hydroxylation sites is 2. The summed E-state index contributed by atoms with van der Waals surface area (Å²) in [5.74, 6) is -1.35. The minimum atomic E-state index is -1.17. The lowest BCUT2D eigenvalue weighted by Gasteiger charge is -2.06. The zero-order valence-corrected chi connectivity index (χ0v) is 7.60. The first-order valence-electron chi connectivity index (χ1n) is 4.00. The van der Waals surface area contributed by atoms with Crippen LogP contribution in [0.15, 0.2) is 36.1 Å². The van der Waals surface area contributed by atoms with Crippen molar-refractivity contribution in [2.45, 2.75) is 6.92 Å². The van der Waals surface area contributed by atoms with E-state index in [1.807, 2.05) is 0 Å². The summed E-state index contributed by atoms with van der Waals surface area (Å²) >= 11 is 0. The van der Waals surface area contributed by atoms with Crippen LogP contribution in [0, 0.1) is 0 Å². The molecule has 0 aliphatic carbocycles. The van der Waals surface area contributed by atoms with Gasteiger partial charge in [-0.15, -0.1) is 0 Å². The summed E-state index contributed by atoms with van der Waals surface area (Å²) in [6.45, 7) is 1.55. The van der Waals surface area contributed by atoms with E-state index < -0.39 is 5.97 Å². The highest BCUT2D eigenvalue weighted by molar-refractivity contribution is 5.84. The van der Waals surface area contributed by atoms with Crippen LogP contribution in [0.2, 0.25) is 0 Å². The molecule has 4 nitrogen and oxygen atoms in total. The Balaban J connectivity index is 2.88.